The largest absolute Gasteiger partial charge is 0.497 e. The van der Waals surface area contributed by atoms with Crippen molar-refractivity contribution in [2.24, 2.45) is 5.41 Å². The van der Waals surface area contributed by atoms with Crippen LogP contribution in [0.25, 0.3) is 0 Å². The molecular formula is C31H41N3O3S. The number of likely N-dealkylation sites (tertiary alicyclic amines) is 1. The summed E-state index contributed by atoms with van der Waals surface area (Å²) in [6.45, 7) is 15.1. The molecule has 3 aromatic rings. The third-order valence-electron chi connectivity index (χ3n) is 7.31. The van der Waals surface area contributed by atoms with Crippen LogP contribution in [-0.2, 0) is 16.7 Å². The Labute approximate surface area is 231 Å². The monoisotopic (exact) mass is 535 g/mol. The number of aryl methyl sites for hydroxylation is 2. The van der Waals surface area contributed by atoms with Crippen molar-refractivity contribution >= 4 is 23.1 Å². The molecule has 6 nitrogen and oxygen atoms in total. The van der Waals surface area contributed by atoms with Crippen LogP contribution in [0.2, 0.25) is 0 Å². The van der Waals surface area contributed by atoms with E-state index in [0.717, 1.165) is 50.5 Å². The number of thiazole rings is 1. The number of benzene rings is 2. The Hall–Kier alpha value is -2.90. The predicted molar refractivity (Wildman–Crippen MR) is 155 cm³/mol. The first-order valence-electron chi connectivity index (χ1n) is 13.4. The Kier molecular flexibility index (Phi) is 8.78. The fraction of sp³-hybridized carbons (Fsp3) is 0.484. The van der Waals surface area contributed by atoms with Crippen LogP contribution in [0.3, 0.4) is 0 Å². The highest BCUT2D eigenvalue weighted by molar-refractivity contribution is 7.11. The van der Waals surface area contributed by atoms with Crippen molar-refractivity contribution in [2.75, 3.05) is 38.3 Å². The van der Waals surface area contributed by atoms with Gasteiger partial charge in [-0.2, -0.15) is 0 Å². The van der Waals surface area contributed by atoms with Crippen LogP contribution >= 0.6 is 11.3 Å². The SMILES string of the molecule is COc1ccc(C)cc1.Cc1ccc(N2CC3(CCN(Cc4cnc(C(C)(C)C)s4)CC3)COC2=O)cc1. The average Bonchev–Trinajstić information content (AvgIpc) is 3.38. The zero-order chi connectivity index (χ0) is 27.3. The third-order valence-corrected chi connectivity index (χ3v) is 8.72. The van der Waals surface area contributed by atoms with Crippen LogP contribution in [0.15, 0.2) is 54.7 Å². The first kappa shape index (κ1) is 28.1. The molecule has 0 unspecified atom stereocenters. The number of methoxy groups -OCH3 is 1. The Morgan fingerprint density at radius 2 is 1.61 bits per heavy atom. The number of anilines is 1. The molecule has 7 heteroatoms. The van der Waals surface area contributed by atoms with Crippen molar-refractivity contribution in [3.8, 4) is 5.75 Å². The molecule has 3 heterocycles. The molecule has 2 saturated heterocycles. The molecule has 2 aromatic carbocycles. The molecule has 2 aliphatic rings. The number of ether oxygens (including phenoxy) is 2. The van der Waals surface area contributed by atoms with Gasteiger partial charge in [0.2, 0.25) is 0 Å². The summed E-state index contributed by atoms with van der Waals surface area (Å²) in [5.74, 6) is 0.917. The maximum atomic E-state index is 12.4. The molecule has 204 valence electrons. The van der Waals surface area contributed by atoms with E-state index in [9.17, 15) is 4.79 Å². The second-order valence-electron chi connectivity index (χ2n) is 11.7. The van der Waals surface area contributed by atoms with Gasteiger partial charge in [0.15, 0.2) is 0 Å². The van der Waals surface area contributed by atoms with Crippen molar-refractivity contribution in [3.05, 3.63) is 75.7 Å². The van der Waals surface area contributed by atoms with Gasteiger partial charge in [-0.1, -0.05) is 56.2 Å². The van der Waals surface area contributed by atoms with Crippen LogP contribution in [0, 0.1) is 19.3 Å². The van der Waals surface area contributed by atoms with Gasteiger partial charge in [0, 0.05) is 40.7 Å². The predicted octanol–water partition coefficient (Wildman–Crippen LogP) is 6.99. The number of carbonyl (C=O) groups is 1. The highest BCUT2D eigenvalue weighted by Gasteiger charge is 2.43. The number of aromatic nitrogens is 1. The number of nitrogens with zero attached hydrogens (tertiary/aromatic N) is 3. The first-order valence-corrected chi connectivity index (χ1v) is 14.2. The van der Waals surface area contributed by atoms with Crippen LogP contribution in [-0.4, -0.2) is 49.3 Å². The van der Waals surface area contributed by atoms with Gasteiger partial charge >= 0.3 is 6.09 Å². The molecule has 5 rings (SSSR count). The smallest absolute Gasteiger partial charge is 0.414 e. The van der Waals surface area contributed by atoms with Gasteiger partial charge in [-0.3, -0.25) is 9.80 Å². The lowest BCUT2D eigenvalue weighted by atomic mass is 9.78. The lowest BCUT2D eigenvalue weighted by Gasteiger charge is -2.46. The molecule has 0 aliphatic carbocycles. The summed E-state index contributed by atoms with van der Waals surface area (Å²) in [5.41, 5.74) is 3.55. The van der Waals surface area contributed by atoms with Crippen molar-refractivity contribution < 1.29 is 14.3 Å². The fourth-order valence-electron chi connectivity index (χ4n) is 4.77. The maximum Gasteiger partial charge on any atom is 0.414 e. The number of amides is 1. The Balaban J connectivity index is 0.000000317. The Morgan fingerprint density at radius 1 is 1.00 bits per heavy atom. The lowest BCUT2D eigenvalue weighted by Crippen LogP contribution is -2.54. The van der Waals surface area contributed by atoms with Gasteiger partial charge < -0.3 is 9.47 Å². The number of piperidine rings is 1. The molecule has 0 N–H and O–H groups in total. The molecule has 2 aliphatic heterocycles. The van der Waals surface area contributed by atoms with Crippen molar-refractivity contribution in [1.82, 2.24) is 9.88 Å². The summed E-state index contributed by atoms with van der Waals surface area (Å²) in [4.78, 5) is 22.7. The van der Waals surface area contributed by atoms with Gasteiger partial charge in [-0.25, -0.2) is 9.78 Å². The van der Waals surface area contributed by atoms with Crippen molar-refractivity contribution in [1.29, 1.82) is 0 Å². The zero-order valence-electron chi connectivity index (χ0n) is 23.6. The fourth-order valence-corrected chi connectivity index (χ4v) is 5.78. The molecule has 0 saturated carbocycles. The summed E-state index contributed by atoms with van der Waals surface area (Å²) < 4.78 is 10.6. The quantitative estimate of drug-likeness (QED) is 0.360. The Morgan fingerprint density at radius 3 is 2.16 bits per heavy atom. The van der Waals surface area contributed by atoms with Gasteiger partial charge in [0.05, 0.1) is 12.1 Å². The van der Waals surface area contributed by atoms with E-state index in [4.69, 9.17) is 9.47 Å². The van der Waals surface area contributed by atoms with Gasteiger partial charge in [0.25, 0.3) is 0 Å². The normalized spacial score (nSPS) is 17.5. The second-order valence-corrected chi connectivity index (χ2v) is 12.8. The van der Waals surface area contributed by atoms with E-state index >= 15 is 0 Å². The van der Waals surface area contributed by atoms with E-state index in [-0.39, 0.29) is 16.9 Å². The minimum atomic E-state index is -0.221. The van der Waals surface area contributed by atoms with E-state index in [1.165, 1.54) is 21.0 Å². The molecular weight excluding hydrogens is 494 g/mol. The third kappa shape index (κ3) is 7.14. The van der Waals surface area contributed by atoms with Crippen LogP contribution in [0.1, 0.15) is 54.6 Å². The van der Waals surface area contributed by atoms with E-state index in [2.05, 4.69) is 44.5 Å². The summed E-state index contributed by atoms with van der Waals surface area (Å²) in [6, 6.07) is 16.1. The van der Waals surface area contributed by atoms with E-state index in [1.807, 2.05) is 71.0 Å². The topological polar surface area (TPSA) is 54.9 Å². The molecule has 0 radical (unpaired) electrons. The number of cyclic esters (lactones) is 1. The number of carbonyl (C=O) groups excluding carboxylic acids is 1. The van der Waals surface area contributed by atoms with Crippen LogP contribution in [0.4, 0.5) is 10.5 Å². The maximum absolute atomic E-state index is 12.4. The number of hydrogen-bond donors (Lipinski definition) is 0. The average molecular weight is 536 g/mol. The first-order chi connectivity index (χ1) is 18.1. The summed E-state index contributed by atoms with van der Waals surface area (Å²) >= 11 is 1.83. The molecule has 0 atom stereocenters. The van der Waals surface area contributed by atoms with Crippen LogP contribution < -0.4 is 9.64 Å². The molecule has 2 fully saturated rings. The summed E-state index contributed by atoms with van der Waals surface area (Å²) in [5, 5.41) is 1.20. The van der Waals surface area contributed by atoms with Gasteiger partial charge in [0.1, 0.15) is 12.4 Å². The summed E-state index contributed by atoms with van der Waals surface area (Å²) in [6.07, 6.45) is 3.92. The van der Waals surface area contributed by atoms with E-state index in [0.29, 0.717) is 6.61 Å². The standard InChI is InChI=1S/C23H31N3O2S.C8H10O/c1-17-5-7-18(8-6-17)26-15-23(16-28-21(26)27)9-11-25(12-10-23)14-19-13-24-20(29-19)22(2,3)4;1-7-3-5-8(9-2)6-4-7/h5-8,13H,9-12,14-16H2,1-4H3;3-6H,1-2H3. The Bertz CT molecular complexity index is 1190. The van der Waals surface area contributed by atoms with E-state index in [1.54, 1.807) is 7.11 Å². The minimum Gasteiger partial charge on any atom is -0.497 e. The number of hydrogen-bond acceptors (Lipinski definition) is 6. The van der Waals surface area contributed by atoms with Crippen LogP contribution in [0.5, 0.6) is 5.75 Å². The van der Waals surface area contributed by atoms with Gasteiger partial charge in [-0.05, 0) is 64.0 Å². The highest BCUT2D eigenvalue weighted by Crippen LogP contribution is 2.38. The highest BCUT2D eigenvalue weighted by atomic mass is 32.1. The molecule has 1 aromatic heterocycles. The zero-order valence-corrected chi connectivity index (χ0v) is 24.4. The molecule has 38 heavy (non-hydrogen) atoms. The lowest BCUT2D eigenvalue weighted by molar-refractivity contribution is 0.0150. The van der Waals surface area contributed by atoms with Gasteiger partial charge in [-0.15, -0.1) is 11.3 Å². The molecule has 1 amide bonds. The van der Waals surface area contributed by atoms with E-state index < -0.39 is 0 Å². The molecule has 1 spiro atoms. The van der Waals surface area contributed by atoms with Crippen molar-refractivity contribution in [2.45, 2.75) is 59.4 Å². The second kappa shape index (κ2) is 11.9. The molecule has 0 bridgehead atoms. The minimum absolute atomic E-state index is 0.0551. The number of rotatable bonds is 4. The summed E-state index contributed by atoms with van der Waals surface area (Å²) in [7, 11) is 1.67. The van der Waals surface area contributed by atoms with Crippen molar-refractivity contribution in [3.63, 3.8) is 0 Å².